The van der Waals surface area contributed by atoms with Gasteiger partial charge in [0.2, 0.25) is 0 Å². The molecule has 0 aliphatic rings. The van der Waals surface area contributed by atoms with Crippen molar-refractivity contribution in [3.05, 3.63) is 76.9 Å². The summed E-state index contributed by atoms with van der Waals surface area (Å²) >= 11 is 0. The number of benzene rings is 2. The molecule has 28 heavy (non-hydrogen) atoms. The zero-order valence-corrected chi connectivity index (χ0v) is 15.8. The van der Waals surface area contributed by atoms with Crippen LogP contribution in [-0.2, 0) is 9.53 Å². The van der Waals surface area contributed by atoms with Gasteiger partial charge in [0.15, 0.2) is 6.61 Å². The minimum atomic E-state index is -0.762. The fourth-order valence-corrected chi connectivity index (χ4v) is 2.75. The molecule has 1 heterocycles. The number of nitrogens with one attached hydrogen (secondary N) is 1. The second kappa shape index (κ2) is 8.04. The van der Waals surface area contributed by atoms with Gasteiger partial charge in [0, 0.05) is 0 Å². The molecule has 0 radical (unpaired) electrons. The van der Waals surface area contributed by atoms with Crippen molar-refractivity contribution in [3.8, 4) is 5.69 Å². The molecule has 0 bridgehead atoms. The molecule has 1 N–H and O–H groups in total. The quantitative estimate of drug-likeness (QED) is 0.684. The fraction of sp³-hybridized carbons (Fsp3) is 0.190. The Morgan fingerprint density at radius 1 is 1.11 bits per heavy atom. The van der Waals surface area contributed by atoms with Crippen molar-refractivity contribution in [2.75, 3.05) is 11.9 Å². The molecule has 6 nitrogen and oxygen atoms in total. The van der Waals surface area contributed by atoms with Crippen LogP contribution in [0.1, 0.15) is 27.3 Å². The molecule has 3 aromatic rings. The first-order chi connectivity index (χ1) is 13.4. The van der Waals surface area contributed by atoms with E-state index in [4.69, 9.17) is 4.74 Å². The highest BCUT2D eigenvalue weighted by atomic mass is 19.1. The van der Waals surface area contributed by atoms with Crippen LogP contribution < -0.4 is 5.32 Å². The normalized spacial score (nSPS) is 10.6. The number of rotatable bonds is 5. The van der Waals surface area contributed by atoms with Gasteiger partial charge in [-0.25, -0.2) is 13.9 Å². The number of carbonyl (C=O) groups excluding carboxylic acids is 2. The number of esters is 1. The molecular formula is C21H20FN3O3. The molecule has 1 aromatic heterocycles. The van der Waals surface area contributed by atoms with Gasteiger partial charge >= 0.3 is 5.97 Å². The molecule has 3 rings (SSSR count). The summed E-state index contributed by atoms with van der Waals surface area (Å²) in [5.74, 6) is -1.76. The number of carbonyl (C=O) groups is 2. The van der Waals surface area contributed by atoms with E-state index in [1.165, 1.54) is 12.1 Å². The number of nitrogens with zero attached hydrogens (tertiary/aromatic N) is 2. The van der Waals surface area contributed by atoms with Gasteiger partial charge in [0.05, 0.1) is 28.3 Å². The second-order valence-electron chi connectivity index (χ2n) is 6.38. The monoisotopic (exact) mass is 381 g/mol. The predicted molar refractivity (Wildman–Crippen MR) is 103 cm³/mol. The predicted octanol–water partition coefficient (Wildman–Crippen LogP) is 3.73. The highest BCUT2D eigenvalue weighted by molar-refractivity contribution is 5.96. The summed E-state index contributed by atoms with van der Waals surface area (Å²) in [6.45, 7) is 4.73. The summed E-state index contributed by atoms with van der Waals surface area (Å²) in [6, 6.07) is 13.6. The molecular weight excluding hydrogens is 361 g/mol. The number of para-hydroxylation sites is 1. The molecule has 2 aromatic carbocycles. The van der Waals surface area contributed by atoms with Crippen LogP contribution in [-0.4, -0.2) is 28.3 Å². The number of amides is 1. The Bertz CT molecular complexity index is 1030. The average Bonchev–Trinajstić information content (AvgIpc) is 2.97. The molecule has 0 aliphatic heterocycles. The Labute approximate surface area is 161 Å². The minimum absolute atomic E-state index is 0.0557. The van der Waals surface area contributed by atoms with Crippen molar-refractivity contribution in [2.24, 2.45) is 0 Å². The third-order valence-corrected chi connectivity index (χ3v) is 4.30. The lowest BCUT2D eigenvalue weighted by molar-refractivity contribution is -0.119. The number of aromatic nitrogens is 2. The highest BCUT2D eigenvalue weighted by Crippen LogP contribution is 2.22. The number of hydrogen-bond donors (Lipinski definition) is 1. The zero-order valence-electron chi connectivity index (χ0n) is 15.8. The Morgan fingerprint density at radius 3 is 2.50 bits per heavy atom. The standard InChI is InChI=1S/C21H20FN3O3/c1-13-9-10-16(11-18(13)22)21(27)28-12-19(26)23-20-14(2)24-25(15(20)3)17-7-5-4-6-8-17/h4-11H,12H2,1-3H3,(H,23,26). The fourth-order valence-electron chi connectivity index (χ4n) is 2.75. The van der Waals surface area contributed by atoms with Gasteiger partial charge in [-0.3, -0.25) is 4.79 Å². The summed E-state index contributed by atoms with van der Waals surface area (Å²) in [4.78, 5) is 24.2. The molecule has 7 heteroatoms. The number of hydrogen-bond acceptors (Lipinski definition) is 4. The van der Waals surface area contributed by atoms with Gasteiger partial charge in [-0.2, -0.15) is 5.10 Å². The van der Waals surface area contributed by atoms with Gasteiger partial charge in [-0.1, -0.05) is 24.3 Å². The van der Waals surface area contributed by atoms with Crippen LogP contribution in [0.2, 0.25) is 0 Å². The average molecular weight is 381 g/mol. The molecule has 0 saturated heterocycles. The van der Waals surface area contributed by atoms with E-state index in [-0.39, 0.29) is 5.56 Å². The van der Waals surface area contributed by atoms with Crippen molar-refractivity contribution < 1.29 is 18.7 Å². The van der Waals surface area contributed by atoms with Crippen LogP contribution in [0.5, 0.6) is 0 Å². The maximum Gasteiger partial charge on any atom is 0.338 e. The van der Waals surface area contributed by atoms with Gasteiger partial charge < -0.3 is 10.1 Å². The second-order valence-corrected chi connectivity index (χ2v) is 6.38. The SMILES string of the molecule is Cc1ccc(C(=O)OCC(=O)Nc2c(C)nn(-c3ccccc3)c2C)cc1F. The maximum atomic E-state index is 13.6. The maximum absolute atomic E-state index is 13.6. The first kappa shape index (κ1) is 19.3. The van der Waals surface area contributed by atoms with Gasteiger partial charge in [0.25, 0.3) is 5.91 Å². The smallest absolute Gasteiger partial charge is 0.338 e. The van der Waals surface area contributed by atoms with Crippen molar-refractivity contribution in [1.29, 1.82) is 0 Å². The first-order valence-electron chi connectivity index (χ1n) is 8.71. The van der Waals surface area contributed by atoms with E-state index < -0.39 is 24.3 Å². The minimum Gasteiger partial charge on any atom is -0.452 e. The lowest BCUT2D eigenvalue weighted by atomic mass is 10.1. The van der Waals surface area contributed by atoms with Crippen molar-refractivity contribution in [1.82, 2.24) is 9.78 Å². The molecule has 0 atom stereocenters. The van der Waals surface area contributed by atoms with Crippen molar-refractivity contribution >= 4 is 17.6 Å². The lowest BCUT2D eigenvalue weighted by Crippen LogP contribution is -2.21. The van der Waals surface area contributed by atoms with E-state index in [9.17, 15) is 14.0 Å². The van der Waals surface area contributed by atoms with Crippen LogP contribution in [0, 0.1) is 26.6 Å². The van der Waals surface area contributed by atoms with Crippen LogP contribution in [0.15, 0.2) is 48.5 Å². The lowest BCUT2D eigenvalue weighted by Gasteiger charge is -2.08. The Balaban J connectivity index is 1.66. The summed E-state index contributed by atoms with van der Waals surface area (Å²) in [5, 5.41) is 7.17. The number of aryl methyl sites for hydroxylation is 2. The topological polar surface area (TPSA) is 73.2 Å². The number of ether oxygens (including phenoxy) is 1. The van der Waals surface area contributed by atoms with Gasteiger partial charge in [-0.15, -0.1) is 0 Å². The largest absolute Gasteiger partial charge is 0.452 e. The Morgan fingerprint density at radius 2 is 1.82 bits per heavy atom. The van der Waals surface area contributed by atoms with E-state index >= 15 is 0 Å². The summed E-state index contributed by atoms with van der Waals surface area (Å²) in [7, 11) is 0. The summed E-state index contributed by atoms with van der Waals surface area (Å²) in [5.41, 5.74) is 3.31. The van der Waals surface area contributed by atoms with E-state index in [1.54, 1.807) is 18.5 Å². The highest BCUT2D eigenvalue weighted by Gasteiger charge is 2.17. The summed E-state index contributed by atoms with van der Waals surface area (Å²) in [6.07, 6.45) is 0. The van der Waals surface area contributed by atoms with E-state index in [0.717, 1.165) is 17.4 Å². The van der Waals surface area contributed by atoms with Crippen molar-refractivity contribution in [2.45, 2.75) is 20.8 Å². The molecule has 0 fully saturated rings. The molecule has 0 aliphatic carbocycles. The Kier molecular flexibility index (Phi) is 5.54. The van der Waals surface area contributed by atoms with Gasteiger partial charge in [0.1, 0.15) is 5.82 Å². The van der Waals surface area contributed by atoms with Crippen LogP contribution in [0.25, 0.3) is 5.69 Å². The molecule has 0 saturated carbocycles. The molecule has 144 valence electrons. The van der Waals surface area contributed by atoms with Crippen LogP contribution in [0.4, 0.5) is 10.1 Å². The third kappa shape index (κ3) is 4.09. The van der Waals surface area contributed by atoms with Crippen LogP contribution >= 0.6 is 0 Å². The third-order valence-electron chi connectivity index (χ3n) is 4.30. The zero-order chi connectivity index (χ0) is 20.3. The molecule has 1 amide bonds. The first-order valence-corrected chi connectivity index (χ1v) is 8.71. The van der Waals surface area contributed by atoms with Crippen LogP contribution in [0.3, 0.4) is 0 Å². The van der Waals surface area contributed by atoms with E-state index in [1.807, 2.05) is 37.3 Å². The number of halogens is 1. The molecule has 0 unspecified atom stereocenters. The summed E-state index contributed by atoms with van der Waals surface area (Å²) < 4.78 is 20.3. The van der Waals surface area contributed by atoms with E-state index in [2.05, 4.69) is 10.4 Å². The number of anilines is 1. The van der Waals surface area contributed by atoms with Gasteiger partial charge in [-0.05, 0) is 50.6 Å². The van der Waals surface area contributed by atoms with E-state index in [0.29, 0.717) is 16.9 Å². The molecule has 0 spiro atoms. The van der Waals surface area contributed by atoms with Crippen molar-refractivity contribution in [3.63, 3.8) is 0 Å². The Hall–Kier alpha value is -3.48.